The number of carboxylic acid groups (broad SMARTS) is 1. The van der Waals surface area contributed by atoms with Gasteiger partial charge in [-0.2, -0.15) is 13.2 Å². The highest BCUT2D eigenvalue weighted by atomic mass is 35.5. The Morgan fingerprint density at radius 3 is 2.03 bits per heavy atom. The summed E-state index contributed by atoms with van der Waals surface area (Å²) in [7, 11) is -2.07. The molecule has 0 aliphatic carbocycles. The Morgan fingerprint density at radius 2 is 1.59 bits per heavy atom. The number of hydrogen-bond donors (Lipinski definition) is 3. The second-order valence-electron chi connectivity index (χ2n) is 15.2. The zero-order valence-electron chi connectivity index (χ0n) is 42.3. The molecule has 0 saturated heterocycles. The van der Waals surface area contributed by atoms with Crippen molar-refractivity contribution in [2.24, 2.45) is 0 Å². The molecule has 0 heterocycles. The molecule has 0 aromatic heterocycles. The Labute approximate surface area is 456 Å². The smallest absolute Gasteiger partial charge is 0.416 e. The van der Waals surface area contributed by atoms with E-state index < -0.39 is 77.7 Å². The van der Waals surface area contributed by atoms with E-state index in [9.17, 15) is 56.7 Å². The molecule has 28 heteroatoms. The summed E-state index contributed by atoms with van der Waals surface area (Å²) >= 11 is 22.4. The molecule has 75 heavy (non-hydrogen) atoms. The molecule has 2 atom stereocenters. The van der Waals surface area contributed by atoms with E-state index >= 15 is 0 Å². The van der Waals surface area contributed by atoms with Gasteiger partial charge in [0.1, 0.15) is 30.5 Å². The Morgan fingerprint density at radius 1 is 1.00 bits per heavy atom. The third-order valence-electron chi connectivity index (χ3n) is 8.46. The number of esters is 2. The summed E-state index contributed by atoms with van der Waals surface area (Å²) in [5, 5.41) is 20.8. The number of hydrogen-bond acceptors (Lipinski definition) is 14. The Kier molecular flexibility index (Phi) is 36.3. The molecule has 2 amide bonds. The van der Waals surface area contributed by atoms with Crippen LogP contribution in [0.2, 0.25) is 5.02 Å². The maximum absolute atomic E-state index is 12.7. The lowest BCUT2D eigenvalue weighted by molar-refractivity contribution is -0.385. The number of aliphatic carboxylic acids is 1. The topological polar surface area (TPSA) is 265 Å². The Balaban J connectivity index is 0. The Hall–Kier alpha value is -4.94. The van der Waals surface area contributed by atoms with Gasteiger partial charge < -0.3 is 48.2 Å². The summed E-state index contributed by atoms with van der Waals surface area (Å²) < 4.78 is 67.9. The van der Waals surface area contributed by atoms with Gasteiger partial charge in [0, 0.05) is 32.3 Å². The number of nitrogens with zero attached hydrogens (tertiary/aromatic N) is 3. The number of rotatable bonds is 22. The van der Waals surface area contributed by atoms with Crippen molar-refractivity contribution in [3.63, 3.8) is 0 Å². The average molecular weight is 1180 g/mol. The molecule has 0 saturated carbocycles. The number of ether oxygens (including phenoxy) is 4. The number of methoxy groups -OCH3 is 1. The number of nitrogens with one attached hydrogen (secondary N) is 1. The van der Waals surface area contributed by atoms with Crippen molar-refractivity contribution in [1.29, 1.82) is 0 Å². The third-order valence-corrected chi connectivity index (χ3v) is 9.98. The van der Waals surface area contributed by atoms with Crippen LogP contribution in [0.1, 0.15) is 47.8 Å². The number of benzene rings is 3. The standard InChI is InChI=1S/C18H13ClF3NO7.C15H22ClNO2.C8H11Cl2NO.C3H8NO5P.C3H9S/c1-2-28-16(24)9-29-17(25)12-8-11(4-5-14(12)23(26)27)30-15-6-3-10(7-13(15)19)18(20,21)22;1-5-13-8-6-7-11(2)15(13)17(14(18)9-16)12(3)10-19-4;1-3-5-11(6-4-2)8(12)7(9)10;5-3(6)1-4-2-10(7,8)9;1-4(2)3/h3-8H,2,9H2,1H3;6-8,12H,5,9-10H2,1-4H3;3-4,7H,1-2,5-6H2;4H,1-2H2,(H,5,6)(H2,7,8,9);1-3H3/q;;;;+1/p-1. The van der Waals surface area contributed by atoms with Crippen molar-refractivity contribution in [2.75, 3.05) is 82.4 Å². The molecule has 0 radical (unpaired) electrons. The minimum Gasteiger partial charge on any atom is -0.778 e. The molecule has 420 valence electrons. The first-order valence-corrected chi connectivity index (χ1v) is 27.7. The number of alkyl halides is 6. The third kappa shape index (κ3) is 30.4. The molecule has 3 aromatic rings. The maximum atomic E-state index is 12.7. The number of aryl methyl sites for hydroxylation is 2. The predicted octanol–water partition coefficient (Wildman–Crippen LogP) is 8.59. The number of nitro benzene ring substituents is 1. The normalized spacial score (nSPS) is 11.7. The van der Waals surface area contributed by atoms with Gasteiger partial charge in [-0.05, 0) is 73.5 Å². The molecule has 2 unspecified atom stereocenters. The average Bonchev–Trinajstić information content (AvgIpc) is 3.31. The van der Waals surface area contributed by atoms with Gasteiger partial charge in [-0.25, -0.2) is 9.59 Å². The monoisotopic (exact) mass is 1180 g/mol. The molecule has 3 N–H and O–H groups in total. The van der Waals surface area contributed by atoms with Gasteiger partial charge in [0.15, 0.2) is 11.4 Å². The first kappa shape index (κ1) is 72.1. The number of anilines is 1. The van der Waals surface area contributed by atoms with E-state index in [1.807, 2.05) is 31.3 Å². The molecule has 0 bridgehead atoms. The molecule has 0 aliphatic rings. The lowest BCUT2D eigenvalue weighted by Gasteiger charge is -2.31. The SMILES string of the molecule is C=CCN(CC=C)C(=O)C(Cl)Cl.CCOC(=O)COC(=O)c1cc(Oc2ccc(C(F)(F)F)cc2Cl)ccc1[N+](=O)[O-].CCc1cccc(C)c1N(C(=O)CCl)C(C)COC.C[S+](C)C.O=C(O)CNCP(=O)([O-])O. The molecule has 3 aromatic carbocycles. The lowest BCUT2D eigenvalue weighted by atomic mass is 10.0. The number of nitro groups is 1. The number of para-hydroxylation sites is 1. The van der Waals surface area contributed by atoms with Crippen molar-refractivity contribution in [3.05, 3.63) is 117 Å². The van der Waals surface area contributed by atoms with E-state index in [1.54, 1.807) is 24.2 Å². The van der Waals surface area contributed by atoms with Crippen molar-refractivity contribution < 1.29 is 80.5 Å². The van der Waals surface area contributed by atoms with Crippen molar-refractivity contribution in [1.82, 2.24) is 10.2 Å². The first-order chi connectivity index (χ1) is 34.9. The van der Waals surface area contributed by atoms with E-state index in [1.165, 1.54) is 11.8 Å². The van der Waals surface area contributed by atoms with Crippen LogP contribution in [0.3, 0.4) is 0 Å². The number of halogens is 7. The molecule has 0 spiro atoms. The van der Waals surface area contributed by atoms with Crippen LogP contribution < -0.4 is 19.8 Å². The zero-order chi connectivity index (χ0) is 58.2. The van der Waals surface area contributed by atoms with Gasteiger partial charge in [-0.3, -0.25) is 29.8 Å². The first-order valence-electron chi connectivity index (χ1n) is 21.7. The van der Waals surface area contributed by atoms with Gasteiger partial charge >= 0.3 is 24.1 Å². The van der Waals surface area contributed by atoms with E-state index in [-0.39, 0.29) is 46.9 Å². The molecule has 19 nitrogen and oxygen atoms in total. The van der Waals surface area contributed by atoms with E-state index in [0.29, 0.717) is 36.7 Å². The molecular formula is C47H62Cl4F3N4O15PS. The van der Waals surface area contributed by atoms with Gasteiger partial charge in [0.25, 0.3) is 11.6 Å². The molecule has 3 rings (SSSR count). The molecular weight excluding hydrogens is 1120 g/mol. The van der Waals surface area contributed by atoms with Crippen LogP contribution >= 0.6 is 54.0 Å². The number of carboxylic acids is 1. The van der Waals surface area contributed by atoms with E-state index in [0.717, 1.165) is 53.6 Å². The van der Waals surface area contributed by atoms with Gasteiger partial charge in [-0.1, -0.05) is 72.1 Å². The van der Waals surface area contributed by atoms with E-state index in [4.69, 9.17) is 70.6 Å². The van der Waals surface area contributed by atoms with Gasteiger partial charge in [0.05, 0.1) is 72.1 Å². The summed E-state index contributed by atoms with van der Waals surface area (Å²) in [5.41, 5.74) is 1.05. The fourth-order valence-corrected chi connectivity index (χ4v) is 6.54. The van der Waals surface area contributed by atoms with Crippen molar-refractivity contribution in [2.45, 2.75) is 51.2 Å². The Bertz CT molecular complexity index is 2370. The summed E-state index contributed by atoms with van der Waals surface area (Å²) in [5.74, 6) is -3.96. The highest BCUT2D eigenvalue weighted by Crippen LogP contribution is 2.37. The van der Waals surface area contributed by atoms with Gasteiger partial charge in [-0.15, -0.1) is 24.8 Å². The second-order valence-corrected chi connectivity index (χ2v) is 21.0. The molecule has 0 fully saturated rings. The second kappa shape index (κ2) is 37.7. The minimum absolute atomic E-state index is 0.0223. The minimum atomic E-state index is -4.61. The van der Waals surface area contributed by atoms with Gasteiger partial charge in [0.2, 0.25) is 5.91 Å². The van der Waals surface area contributed by atoms with Crippen LogP contribution in [0.5, 0.6) is 11.5 Å². The summed E-state index contributed by atoms with van der Waals surface area (Å²) in [6.45, 7) is 14.8. The fourth-order valence-electron chi connectivity index (χ4n) is 5.52. The van der Waals surface area contributed by atoms with Crippen LogP contribution in [0.15, 0.2) is 79.9 Å². The number of carbonyl (C=O) groups excluding carboxylic acids is 4. The summed E-state index contributed by atoms with van der Waals surface area (Å²) in [6.07, 6.45) is 5.36. The largest absolute Gasteiger partial charge is 0.778 e. The molecule has 0 aliphatic heterocycles. The van der Waals surface area contributed by atoms with Crippen LogP contribution in [-0.4, -0.2) is 138 Å². The van der Waals surface area contributed by atoms with E-state index in [2.05, 4.69) is 49.7 Å². The van der Waals surface area contributed by atoms with Crippen LogP contribution in [0.25, 0.3) is 0 Å². The van der Waals surface area contributed by atoms with Crippen molar-refractivity contribution >= 4 is 106 Å². The summed E-state index contributed by atoms with van der Waals surface area (Å²) in [4.78, 5) is 87.1. The quantitative estimate of drug-likeness (QED) is 0.0162. The zero-order valence-corrected chi connectivity index (χ0v) is 47.1. The predicted molar refractivity (Wildman–Crippen MR) is 285 cm³/mol. The van der Waals surface area contributed by atoms with Crippen LogP contribution in [0.4, 0.5) is 24.5 Å². The number of carbonyl (C=O) groups is 5. The van der Waals surface area contributed by atoms with Crippen LogP contribution in [-0.2, 0) is 61.4 Å². The maximum Gasteiger partial charge on any atom is 0.416 e. The lowest BCUT2D eigenvalue weighted by Crippen LogP contribution is -2.43. The number of amides is 2. The summed E-state index contributed by atoms with van der Waals surface area (Å²) in [6, 6.07) is 11.4. The highest BCUT2D eigenvalue weighted by Gasteiger charge is 2.31. The fraction of sp³-hybridized carbons (Fsp3) is 0.426. The highest BCUT2D eigenvalue weighted by molar-refractivity contribution is 7.94. The van der Waals surface area contributed by atoms with Crippen molar-refractivity contribution in [3.8, 4) is 11.5 Å². The van der Waals surface area contributed by atoms with Crippen LogP contribution in [0, 0.1) is 17.0 Å².